The smallest absolute Gasteiger partial charge is 0.273 e. The van der Waals surface area contributed by atoms with Crippen LogP contribution in [0.4, 0.5) is 0 Å². The zero-order valence-electron chi connectivity index (χ0n) is 7.65. The normalized spacial score (nSPS) is 10.0. The van der Waals surface area contributed by atoms with Gasteiger partial charge in [0.2, 0.25) is 0 Å². The van der Waals surface area contributed by atoms with Crippen molar-refractivity contribution in [2.24, 2.45) is 7.05 Å². The molecule has 0 radical (unpaired) electrons. The van der Waals surface area contributed by atoms with Crippen molar-refractivity contribution in [3.63, 3.8) is 0 Å². The van der Waals surface area contributed by atoms with E-state index in [1.807, 2.05) is 6.26 Å². The predicted molar refractivity (Wildman–Crippen MR) is 51.7 cm³/mol. The molecule has 0 aliphatic rings. The minimum Gasteiger partial charge on any atom is -0.350 e. The van der Waals surface area contributed by atoms with Crippen molar-refractivity contribution in [2.75, 3.05) is 18.6 Å². The highest BCUT2D eigenvalue weighted by molar-refractivity contribution is 7.98. The standard InChI is InChI=1S/C7H12N4OS/c1-11-5-6(9-10-11)7(12)8-3-4-13-2/h5H,3-4H2,1-2H3,(H,8,12). The van der Waals surface area contributed by atoms with Crippen LogP contribution in [0.2, 0.25) is 0 Å². The highest BCUT2D eigenvalue weighted by atomic mass is 32.2. The molecule has 0 bridgehead atoms. The van der Waals surface area contributed by atoms with E-state index in [0.717, 1.165) is 5.75 Å². The Kier molecular flexibility index (Phi) is 3.75. The second-order valence-electron chi connectivity index (χ2n) is 2.53. The first-order valence-corrected chi connectivity index (χ1v) is 5.27. The maximum atomic E-state index is 11.3. The van der Waals surface area contributed by atoms with E-state index in [4.69, 9.17) is 0 Å². The third-order valence-corrected chi connectivity index (χ3v) is 2.04. The molecule has 0 fully saturated rings. The monoisotopic (exact) mass is 200 g/mol. The molecule has 0 saturated heterocycles. The minimum absolute atomic E-state index is 0.165. The van der Waals surface area contributed by atoms with Gasteiger partial charge in [-0.1, -0.05) is 5.21 Å². The number of aromatic nitrogens is 3. The molecule has 72 valence electrons. The number of carbonyl (C=O) groups excluding carboxylic acids is 1. The van der Waals surface area contributed by atoms with Crippen LogP contribution in [0.5, 0.6) is 0 Å². The molecule has 0 atom stereocenters. The van der Waals surface area contributed by atoms with Crippen LogP contribution in [0.1, 0.15) is 10.5 Å². The number of carbonyl (C=O) groups is 1. The Labute approximate surface area is 80.9 Å². The van der Waals surface area contributed by atoms with Gasteiger partial charge in [0.25, 0.3) is 5.91 Å². The SMILES string of the molecule is CSCCNC(=O)c1cn(C)nn1. The van der Waals surface area contributed by atoms with Crippen molar-refractivity contribution < 1.29 is 4.79 Å². The summed E-state index contributed by atoms with van der Waals surface area (Å²) in [6.45, 7) is 0.663. The Morgan fingerprint density at radius 1 is 1.77 bits per heavy atom. The molecule has 6 heteroatoms. The molecule has 0 unspecified atom stereocenters. The fourth-order valence-corrected chi connectivity index (χ4v) is 1.11. The summed E-state index contributed by atoms with van der Waals surface area (Å²) in [5.41, 5.74) is 0.364. The van der Waals surface area contributed by atoms with Crippen LogP contribution < -0.4 is 5.32 Å². The molecule has 0 aliphatic heterocycles. The lowest BCUT2D eigenvalue weighted by Gasteiger charge is -1.99. The fourth-order valence-electron chi connectivity index (χ4n) is 0.809. The van der Waals surface area contributed by atoms with Crippen molar-refractivity contribution in [1.29, 1.82) is 0 Å². The number of amides is 1. The lowest BCUT2D eigenvalue weighted by Crippen LogP contribution is -2.25. The van der Waals surface area contributed by atoms with Crippen LogP contribution >= 0.6 is 11.8 Å². The second-order valence-corrected chi connectivity index (χ2v) is 3.51. The zero-order chi connectivity index (χ0) is 9.68. The molecule has 1 heterocycles. The van der Waals surface area contributed by atoms with Gasteiger partial charge in [-0.05, 0) is 6.26 Å². The van der Waals surface area contributed by atoms with Crippen molar-refractivity contribution in [2.45, 2.75) is 0 Å². The molecular weight excluding hydrogens is 188 g/mol. The Morgan fingerprint density at radius 2 is 2.54 bits per heavy atom. The topological polar surface area (TPSA) is 59.8 Å². The largest absolute Gasteiger partial charge is 0.350 e. The summed E-state index contributed by atoms with van der Waals surface area (Å²) in [5.74, 6) is 0.744. The number of nitrogens with one attached hydrogen (secondary N) is 1. The van der Waals surface area contributed by atoms with Crippen LogP contribution in [-0.2, 0) is 7.05 Å². The summed E-state index contributed by atoms with van der Waals surface area (Å²) in [4.78, 5) is 11.3. The molecule has 0 aliphatic carbocycles. The summed E-state index contributed by atoms with van der Waals surface area (Å²) >= 11 is 1.69. The Balaban J connectivity index is 2.40. The third-order valence-electron chi connectivity index (χ3n) is 1.43. The van der Waals surface area contributed by atoms with E-state index in [0.29, 0.717) is 12.2 Å². The first kappa shape index (κ1) is 10.0. The van der Waals surface area contributed by atoms with Gasteiger partial charge in [-0.2, -0.15) is 11.8 Å². The minimum atomic E-state index is -0.165. The number of aryl methyl sites for hydroxylation is 1. The van der Waals surface area contributed by atoms with Gasteiger partial charge in [0.05, 0.1) is 6.20 Å². The first-order chi connectivity index (χ1) is 6.24. The van der Waals surface area contributed by atoms with Gasteiger partial charge >= 0.3 is 0 Å². The molecule has 0 spiro atoms. The molecule has 1 aromatic heterocycles. The Hall–Kier alpha value is -1.04. The molecule has 1 aromatic rings. The molecular formula is C7H12N4OS. The molecule has 1 amide bonds. The number of hydrogen-bond acceptors (Lipinski definition) is 4. The van der Waals surface area contributed by atoms with Gasteiger partial charge in [-0.25, -0.2) is 0 Å². The van der Waals surface area contributed by atoms with Crippen molar-refractivity contribution in [3.05, 3.63) is 11.9 Å². The van der Waals surface area contributed by atoms with E-state index in [2.05, 4.69) is 15.6 Å². The summed E-state index contributed by atoms with van der Waals surface area (Å²) in [5, 5.41) is 10.1. The van der Waals surface area contributed by atoms with E-state index in [-0.39, 0.29) is 5.91 Å². The average molecular weight is 200 g/mol. The van der Waals surface area contributed by atoms with Gasteiger partial charge in [0.15, 0.2) is 5.69 Å². The van der Waals surface area contributed by atoms with Gasteiger partial charge in [0.1, 0.15) is 0 Å². The summed E-state index contributed by atoms with van der Waals surface area (Å²) < 4.78 is 1.50. The average Bonchev–Trinajstić information content (AvgIpc) is 2.52. The molecule has 0 saturated carbocycles. The van der Waals surface area contributed by atoms with Crippen molar-refractivity contribution in [1.82, 2.24) is 20.3 Å². The maximum Gasteiger partial charge on any atom is 0.273 e. The van der Waals surface area contributed by atoms with Crippen LogP contribution in [0.25, 0.3) is 0 Å². The number of nitrogens with zero attached hydrogens (tertiary/aromatic N) is 3. The van der Waals surface area contributed by atoms with Crippen LogP contribution in [0.15, 0.2) is 6.20 Å². The van der Waals surface area contributed by atoms with Gasteiger partial charge < -0.3 is 5.32 Å². The van der Waals surface area contributed by atoms with E-state index in [1.54, 1.807) is 25.0 Å². The summed E-state index contributed by atoms with van der Waals surface area (Å²) in [7, 11) is 1.73. The highest BCUT2D eigenvalue weighted by Crippen LogP contribution is 1.92. The lowest BCUT2D eigenvalue weighted by molar-refractivity contribution is 0.0951. The Bertz CT molecular complexity index is 286. The third kappa shape index (κ3) is 3.06. The lowest BCUT2D eigenvalue weighted by atomic mass is 10.4. The number of hydrogen-bond donors (Lipinski definition) is 1. The molecule has 13 heavy (non-hydrogen) atoms. The zero-order valence-corrected chi connectivity index (χ0v) is 8.47. The van der Waals surface area contributed by atoms with Gasteiger partial charge in [-0.3, -0.25) is 9.48 Å². The number of rotatable bonds is 4. The highest BCUT2D eigenvalue weighted by Gasteiger charge is 2.07. The van der Waals surface area contributed by atoms with E-state index in [9.17, 15) is 4.79 Å². The van der Waals surface area contributed by atoms with Crippen molar-refractivity contribution in [3.8, 4) is 0 Å². The first-order valence-electron chi connectivity index (χ1n) is 3.87. The molecule has 5 nitrogen and oxygen atoms in total. The number of thioether (sulfide) groups is 1. The predicted octanol–water partition coefficient (Wildman–Crippen LogP) is -0.0921. The maximum absolute atomic E-state index is 11.3. The fraction of sp³-hybridized carbons (Fsp3) is 0.571. The van der Waals surface area contributed by atoms with Gasteiger partial charge in [0, 0.05) is 19.3 Å². The molecule has 1 N–H and O–H groups in total. The summed E-state index contributed by atoms with van der Waals surface area (Å²) in [6, 6.07) is 0. The van der Waals surface area contributed by atoms with Crippen molar-refractivity contribution >= 4 is 17.7 Å². The molecule has 0 aromatic carbocycles. The quantitative estimate of drug-likeness (QED) is 0.690. The van der Waals surface area contributed by atoms with Crippen LogP contribution in [-0.4, -0.2) is 39.5 Å². The van der Waals surface area contributed by atoms with Crippen LogP contribution in [0, 0.1) is 0 Å². The summed E-state index contributed by atoms with van der Waals surface area (Å²) in [6.07, 6.45) is 3.59. The van der Waals surface area contributed by atoms with Gasteiger partial charge in [-0.15, -0.1) is 5.10 Å². The van der Waals surface area contributed by atoms with E-state index in [1.165, 1.54) is 4.68 Å². The van der Waals surface area contributed by atoms with E-state index >= 15 is 0 Å². The molecule has 1 rings (SSSR count). The Morgan fingerprint density at radius 3 is 3.08 bits per heavy atom. The van der Waals surface area contributed by atoms with E-state index < -0.39 is 0 Å². The second kappa shape index (κ2) is 4.86. The van der Waals surface area contributed by atoms with Crippen LogP contribution in [0.3, 0.4) is 0 Å².